The van der Waals surface area contributed by atoms with Crippen LogP contribution in [-0.2, 0) is 9.59 Å². The van der Waals surface area contributed by atoms with Gasteiger partial charge in [0.1, 0.15) is 5.78 Å². The summed E-state index contributed by atoms with van der Waals surface area (Å²) in [5, 5.41) is 0. The second kappa shape index (κ2) is 5.53. The van der Waals surface area contributed by atoms with Crippen LogP contribution in [0.1, 0.15) is 71.3 Å². The van der Waals surface area contributed by atoms with Crippen LogP contribution >= 0.6 is 0 Å². The summed E-state index contributed by atoms with van der Waals surface area (Å²) in [6, 6.07) is -0.0317. The van der Waals surface area contributed by atoms with E-state index in [4.69, 9.17) is 0 Å². The van der Waals surface area contributed by atoms with Crippen LogP contribution in [0.25, 0.3) is 0 Å². The molecule has 4 heteroatoms. The Morgan fingerprint density at radius 2 is 1.85 bits per heavy atom. The van der Waals surface area contributed by atoms with Gasteiger partial charge < -0.3 is 4.57 Å². The number of imidazole rings is 1. The topological polar surface area (TPSA) is 52.0 Å². The molecule has 1 aromatic rings. The predicted molar refractivity (Wildman–Crippen MR) is 98.4 cm³/mol. The number of rotatable bonds is 1. The van der Waals surface area contributed by atoms with E-state index in [9.17, 15) is 9.59 Å². The summed E-state index contributed by atoms with van der Waals surface area (Å²) >= 11 is 0. The van der Waals surface area contributed by atoms with Crippen molar-refractivity contribution >= 4 is 11.6 Å². The van der Waals surface area contributed by atoms with Gasteiger partial charge in [-0.2, -0.15) is 0 Å². The van der Waals surface area contributed by atoms with E-state index < -0.39 is 0 Å². The number of carbonyl (C=O) groups is 2. The van der Waals surface area contributed by atoms with E-state index in [1.807, 2.05) is 12.5 Å². The second-order valence-electron chi connectivity index (χ2n) is 9.91. The first kappa shape index (κ1) is 16.7. The van der Waals surface area contributed by atoms with Crippen molar-refractivity contribution in [2.24, 2.45) is 34.5 Å². The van der Waals surface area contributed by atoms with Gasteiger partial charge in [0.2, 0.25) is 0 Å². The molecule has 0 aromatic carbocycles. The number of aromatic nitrogens is 2. The lowest BCUT2D eigenvalue weighted by Crippen LogP contribution is -2.56. The summed E-state index contributed by atoms with van der Waals surface area (Å²) in [7, 11) is 0. The molecule has 5 rings (SSSR count). The molecule has 26 heavy (non-hydrogen) atoms. The quantitative estimate of drug-likeness (QED) is 0.759. The van der Waals surface area contributed by atoms with E-state index in [0.29, 0.717) is 41.7 Å². The minimum Gasteiger partial charge on any atom is -0.327 e. The summed E-state index contributed by atoms with van der Waals surface area (Å²) in [6.45, 7) is 4.71. The van der Waals surface area contributed by atoms with Gasteiger partial charge in [-0.3, -0.25) is 9.59 Å². The van der Waals surface area contributed by atoms with Crippen LogP contribution in [0.5, 0.6) is 0 Å². The highest BCUT2D eigenvalue weighted by Crippen LogP contribution is 2.66. The molecule has 0 unspecified atom stereocenters. The number of nitrogens with zero attached hydrogens (tertiary/aromatic N) is 2. The molecule has 140 valence electrons. The van der Waals surface area contributed by atoms with Gasteiger partial charge in [0.05, 0.1) is 12.4 Å². The molecule has 1 heterocycles. The molecule has 0 spiro atoms. The fourth-order valence-corrected chi connectivity index (χ4v) is 7.72. The lowest BCUT2D eigenvalue weighted by Gasteiger charge is -2.60. The lowest BCUT2D eigenvalue weighted by molar-refractivity contribution is -0.151. The molecular weight excluding hydrogens is 324 g/mol. The second-order valence-corrected chi connectivity index (χ2v) is 9.91. The highest BCUT2D eigenvalue weighted by atomic mass is 16.1. The van der Waals surface area contributed by atoms with E-state index in [-0.39, 0.29) is 16.9 Å². The molecule has 0 radical (unpaired) electrons. The smallest absolute Gasteiger partial charge is 0.155 e. The van der Waals surface area contributed by atoms with Crippen LogP contribution in [0.4, 0.5) is 0 Å². The molecule has 4 nitrogen and oxygen atoms in total. The molecule has 0 saturated heterocycles. The van der Waals surface area contributed by atoms with Crippen molar-refractivity contribution in [1.29, 1.82) is 0 Å². The number of fused-ring (bicyclic) bond motifs is 5. The number of ketones is 2. The van der Waals surface area contributed by atoms with E-state index in [1.165, 1.54) is 12.8 Å². The fraction of sp³-hybridized carbons (Fsp3) is 0.773. The highest BCUT2D eigenvalue weighted by molar-refractivity contribution is 5.87. The standard InChI is InChI=1S/C22H30N2O2/c1-21-10-8-18(25)20(24-12-11-23-13-24)17(21)4-3-14-15-5-6-19(26)22(15,2)9-7-16(14)21/h11-17,20H,3-10H2,1-2H3/t14-,15-,16-,17-,20-,21+,22-/m0/s1. The Morgan fingerprint density at radius 3 is 2.62 bits per heavy atom. The van der Waals surface area contributed by atoms with Gasteiger partial charge in [-0.05, 0) is 67.6 Å². The summed E-state index contributed by atoms with van der Waals surface area (Å²) in [6.07, 6.45) is 13.7. The number of Topliss-reactive ketones (excluding diaryl/α,β-unsaturated/α-hetero) is 2. The van der Waals surface area contributed by atoms with Crippen molar-refractivity contribution in [2.75, 3.05) is 0 Å². The summed E-state index contributed by atoms with van der Waals surface area (Å²) in [5.74, 6) is 3.25. The largest absolute Gasteiger partial charge is 0.327 e. The van der Waals surface area contributed by atoms with Crippen molar-refractivity contribution in [3.63, 3.8) is 0 Å². The van der Waals surface area contributed by atoms with Crippen LogP contribution in [0, 0.1) is 34.5 Å². The molecule has 0 N–H and O–H groups in total. The van der Waals surface area contributed by atoms with E-state index in [1.54, 1.807) is 6.20 Å². The first-order valence-corrected chi connectivity index (χ1v) is 10.5. The van der Waals surface area contributed by atoms with E-state index in [0.717, 1.165) is 32.1 Å². The third-order valence-corrected chi connectivity index (χ3v) is 9.12. The third-order valence-electron chi connectivity index (χ3n) is 9.12. The average molecular weight is 354 g/mol. The van der Waals surface area contributed by atoms with E-state index >= 15 is 0 Å². The molecule has 0 bridgehead atoms. The normalized spacial score (nSPS) is 48.0. The van der Waals surface area contributed by atoms with Crippen LogP contribution < -0.4 is 0 Å². The van der Waals surface area contributed by atoms with Gasteiger partial charge in [0.15, 0.2) is 5.78 Å². The van der Waals surface area contributed by atoms with Crippen LogP contribution in [0.2, 0.25) is 0 Å². The molecule has 4 aliphatic rings. The molecule has 4 fully saturated rings. The molecule has 0 amide bonds. The predicted octanol–water partition coefficient (Wildman–Crippen LogP) is 4.22. The highest BCUT2D eigenvalue weighted by Gasteiger charge is 2.61. The Hall–Kier alpha value is -1.45. The Balaban J connectivity index is 1.50. The maximum atomic E-state index is 12.8. The average Bonchev–Trinajstić information content (AvgIpc) is 3.24. The summed E-state index contributed by atoms with van der Waals surface area (Å²) in [5.41, 5.74) is 0.164. The Bertz CT molecular complexity index is 741. The van der Waals surface area contributed by atoms with Gasteiger partial charge in [-0.25, -0.2) is 4.98 Å². The fourth-order valence-electron chi connectivity index (χ4n) is 7.72. The van der Waals surface area contributed by atoms with Gasteiger partial charge in [0.25, 0.3) is 0 Å². The van der Waals surface area contributed by atoms with Crippen molar-refractivity contribution in [2.45, 2.75) is 71.3 Å². The van der Waals surface area contributed by atoms with Crippen molar-refractivity contribution in [1.82, 2.24) is 9.55 Å². The van der Waals surface area contributed by atoms with Gasteiger partial charge in [0, 0.05) is 30.7 Å². The maximum Gasteiger partial charge on any atom is 0.155 e. The van der Waals surface area contributed by atoms with Crippen LogP contribution in [0.15, 0.2) is 18.7 Å². The summed E-state index contributed by atoms with van der Waals surface area (Å²) < 4.78 is 2.07. The zero-order valence-corrected chi connectivity index (χ0v) is 16.0. The molecule has 4 saturated carbocycles. The number of hydrogen-bond donors (Lipinski definition) is 0. The van der Waals surface area contributed by atoms with Crippen molar-refractivity contribution < 1.29 is 9.59 Å². The van der Waals surface area contributed by atoms with Crippen LogP contribution in [-0.4, -0.2) is 21.1 Å². The molecule has 7 atom stereocenters. The Kier molecular flexibility index (Phi) is 3.55. The van der Waals surface area contributed by atoms with Crippen molar-refractivity contribution in [3.8, 4) is 0 Å². The Morgan fingerprint density at radius 1 is 1.00 bits per heavy atom. The SMILES string of the molecule is C[C@]12CCC(=O)[C@@H](n3ccnc3)[C@@H]1CC[C@@H]1[C@@H]2CC[C@]2(C)C(=O)CC[C@@H]12. The monoisotopic (exact) mass is 354 g/mol. The lowest BCUT2D eigenvalue weighted by atomic mass is 9.44. The zero-order chi connectivity index (χ0) is 18.1. The van der Waals surface area contributed by atoms with Gasteiger partial charge >= 0.3 is 0 Å². The minimum absolute atomic E-state index is 0.0317. The number of hydrogen-bond acceptors (Lipinski definition) is 3. The summed E-state index contributed by atoms with van der Waals surface area (Å²) in [4.78, 5) is 29.6. The molecule has 4 aliphatic carbocycles. The molecular formula is C22H30N2O2. The first-order valence-electron chi connectivity index (χ1n) is 10.5. The molecule has 0 aliphatic heterocycles. The number of carbonyl (C=O) groups excluding carboxylic acids is 2. The first-order chi connectivity index (χ1) is 12.4. The van der Waals surface area contributed by atoms with Crippen molar-refractivity contribution in [3.05, 3.63) is 18.7 Å². The minimum atomic E-state index is -0.0569. The Labute approximate surface area is 155 Å². The van der Waals surface area contributed by atoms with Crippen LogP contribution in [0.3, 0.4) is 0 Å². The molecule has 1 aromatic heterocycles. The zero-order valence-electron chi connectivity index (χ0n) is 16.0. The van der Waals surface area contributed by atoms with Gasteiger partial charge in [-0.1, -0.05) is 13.8 Å². The van der Waals surface area contributed by atoms with E-state index in [2.05, 4.69) is 23.4 Å². The third kappa shape index (κ3) is 2.05. The van der Waals surface area contributed by atoms with Gasteiger partial charge in [-0.15, -0.1) is 0 Å². The maximum absolute atomic E-state index is 12.8.